The minimum atomic E-state index is -0.542. The molecule has 0 aromatic heterocycles. The molecular formula is C14H24N2O3. The highest BCUT2D eigenvalue weighted by atomic mass is 16.6. The standard InChI is InChI=1S/C14H24N2O3/c1-9(15-13(18)19-14(2,3)4)12(17)16-7-10-5-6-11(10)8-16/h9-11H,5-8H2,1-4H3,(H,15,18). The number of ether oxygens (including phenoxy) is 1. The number of hydrogen-bond donors (Lipinski definition) is 1. The molecule has 2 fully saturated rings. The van der Waals surface area contributed by atoms with Crippen LogP contribution in [0, 0.1) is 11.8 Å². The first-order valence-electron chi connectivity index (χ1n) is 7.04. The van der Waals surface area contributed by atoms with E-state index in [1.54, 1.807) is 27.7 Å². The predicted molar refractivity (Wildman–Crippen MR) is 71.6 cm³/mol. The van der Waals surface area contributed by atoms with Crippen LogP contribution in [0.15, 0.2) is 0 Å². The van der Waals surface area contributed by atoms with Crippen molar-refractivity contribution in [2.24, 2.45) is 11.8 Å². The fourth-order valence-corrected chi connectivity index (χ4v) is 2.76. The van der Waals surface area contributed by atoms with Crippen molar-refractivity contribution in [2.45, 2.75) is 52.2 Å². The van der Waals surface area contributed by atoms with E-state index >= 15 is 0 Å². The summed E-state index contributed by atoms with van der Waals surface area (Å²) in [6, 6.07) is -0.521. The summed E-state index contributed by atoms with van der Waals surface area (Å²) in [5.41, 5.74) is -0.542. The summed E-state index contributed by atoms with van der Waals surface area (Å²) in [5, 5.41) is 2.61. The normalized spacial score (nSPS) is 27.3. The molecule has 1 aliphatic heterocycles. The maximum Gasteiger partial charge on any atom is 0.408 e. The zero-order valence-electron chi connectivity index (χ0n) is 12.2. The Morgan fingerprint density at radius 1 is 1.21 bits per heavy atom. The summed E-state index contributed by atoms with van der Waals surface area (Å²) >= 11 is 0. The Morgan fingerprint density at radius 2 is 1.74 bits per heavy atom. The van der Waals surface area contributed by atoms with Gasteiger partial charge in [-0.1, -0.05) is 0 Å². The van der Waals surface area contributed by atoms with Gasteiger partial charge in [-0.2, -0.15) is 0 Å². The third kappa shape index (κ3) is 3.39. The van der Waals surface area contributed by atoms with Gasteiger partial charge >= 0.3 is 6.09 Å². The van der Waals surface area contributed by atoms with Crippen molar-refractivity contribution < 1.29 is 14.3 Å². The molecule has 2 rings (SSSR count). The number of likely N-dealkylation sites (tertiary alicyclic amines) is 1. The van der Waals surface area contributed by atoms with Gasteiger partial charge in [0.1, 0.15) is 11.6 Å². The largest absolute Gasteiger partial charge is 0.444 e. The van der Waals surface area contributed by atoms with Crippen molar-refractivity contribution >= 4 is 12.0 Å². The van der Waals surface area contributed by atoms with E-state index in [9.17, 15) is 9.59 Å². The third-order valence-corrected chi connectivity index (χ3v) is 3.90. The molecule has 19 heavy (non-hydrogen) atoms. The zero-order chi connectivity index (χ0) is 14.2. The SMILES string of the molecule is CC(NC(=O)OC(C)(C)C)C(=O)N1CC2CCC2C1. The Labute approximate surface area is 114 Å². The van der Waals surface area contributed by atoms with Crippen LogP contribution in [0.5, 0.6) is 0 Å². The molecule has 108 valence electrons. The molecule has 2 aliphatic rings. The molecule has 1 heterocycles. The number of fused-ring (bicyclic) bond motifs is 1. The highest BCUT2D eigenvalue weighted by Crippen LogP contribution is 2.40. The number of rotatable bonds is 2. The molecule has 1 saturated heterocycles. The molecule has 2 amide bonds. The summed E-state index contributed by atoms with van der Waals surface area (Å²) in [5.74, 6) is 1.38. The smallest absolute Gasteiger partial charge is 0.408 e. The molecule has 0 bridgehead atoms. The lowest BCUT2D eigenvalue weighted by molar-refractivity contribution is -0.132. The Bertz CT molecular complexity index is 363. The van der Waals surface area contributed by atoms with Gasteiger partial charge < -0.3 is 15.0 Å². The monoisotopic (exact) mass is 268 g/mol. The molecule has 0 aromatic rings. The highest BCUT2D eigenvalue weighted by Gasteiger charge is 2.41. The van der Waals surface area contributed by atoms with E-state index in [-0.39, 0.29) is 5.91 Å². The number of hydrogen-bond acceptors (Lipinski definition) is 3. The predicted octanol–water partition coefficient (Wildman–Crippen LogP) is 1.77. The van der Waals surface area contributed by atoms with Crippen LogP contribution < -0.4 is 5.32 Å². The minimum absolute atomic E-state index is 0.000240. The number of nitrogens with one attached hydrogen (secondary N) is 1. The number of carbonyl (C=O) groups is 2. The van der Waals surface area contributed by atoms with Crippen molar-refractivity contribution in [1.82, 2.24) is 10.2 Å². The molecule has 5 nitrogen and oxygen atoms in total. The summed E-state index contributed by atoms with van der Waals surface area (Å²) in [4.78, 5) is 25.7. The van der Waals surface area contributed by atoms with E-state index in [4.69, 9.17) is 4.74 Å². The van der Waals surface area contributed by atoms with Crippen LogP contribution in [-0.4, -0.2) is 41.6 Å². The van der Waals surface area contributed by atoms with Crippen LogP contribution in [0.1, 0.15) is 40.5 Å². The Balaban J connectivity index is 1.81. The highest BCUT2D eigenvalue weighted by molar-refractivity contribution is 5.85. The average Bonchev–Trinajstić information content (AvgIpc) is 2.51. The second kappa shape index (κ2) is 5.02. The minimum Gasteiger partial charge on any atom is -0.444 e. The van der Waals surface area contributed by atoms with Gasteiger partial charge in [0.2, 0.25) is 5.91 Å². The van der Waals surface area contributed by atoms with Gasteiger partial charge in [-0.05, 0) is 52.4 Å². The second-order valence-electron chi connectivity index (χ2n) is 6.71. The third-order valence-electron chi connectivity index (χ3n) is 3.90. The Morgan fingerprint density at radius 3 is 2.16 bits per heavy atom. The van der Waals surface area contributed by atoms with Gasteiger partial charge in [-0.15, -0.1) is 0 Å². The van der Waals surface area contributed by atoms with Crippen molar-refractivity contribution in [2.75, 3.05) is 13.1 Å². The lowest BCUT2D eigenvalue weighted by atomic mass is 9.77. The zero-order valence-corrected chi connectivity index (χ0v) is 12.2. The van der Waals surface area contributed by atoms with E-state index in [0.29, 0.717) is 11.8 Å². The van der Waals surface area contributed by atoms with Gasteiger partial charge in [0, 0.05) is 13.1 Å². The fourth-order valence-electron chi connectivity index (χ4n) is 2.76. The molecule has 1 aliphatic carbocycles. The maximum atomic E-state index is 12.2. The topological polar surface area (TPSA) is 58.6 Å². The first-order chi connectivity index (χ1) is 8.76. The van der Waals surface area contributed by atoms with E-state index in [1.165, 1.54) is 12.8 Å². The van der Waals surface area contributed by atoms with Crippen molar-refractivity contribution in [3.8, 4) is 0 Å². The number of amides is 2. The molecule has 0 radical (unpaired) electrons. The van der Waals surface area contributed by atoms with Crippen LogP contribution in [0.25, 0.3) is 0 Å². The molecule has 1 saturated carbocycles. The van der Waals surface area contributed by atoms with Gasteiger partial charge in [0.15, 0.2) is 0 Å². The van der Waals surface area contributed by atoms with Crippen LogP contribution in [-0.2, 0) is 9.53 Å². The van der Waals surface area contributed by atoms with Gasteiger partial charge in [-0.25, -0.2) is 4.79 Å². The molecule has 3 unspecified atom stereocenters. The number of carbonyl (C=O) groups excluding carboxylic acids is 2. The van der Waals surface area contributed by atoms with E-state index in [2.05, 4.69) is 5.32 Å². The Kier molecular flexibility index (Phi) is 3.74. The maximum absolute atomic E-state index is 12.2. The molecule has 1 N–H and O–H groups in total. The second-order valence-corrected chi connectivity index (χ2v) is 6.71. The van der Waals surface area contributed by atoms with Crippen molar-refractivity contribution in [1.29, 1.82) is 0 Å². The van der Waals surface area contributed by atoms with Crippen molar-refractivity contribution in [3.05, 3.63) is 0 Å². The fraction of sp³-hybridized carbons (Fsp3) is 0.857. The molecule has 5 heteroatoms. The summed E-state index contributed by atoms with van der Waals surface area (Å²) in [7, 11) is 0. The number of alkyl carbamates (subject to hydrolysis) is 1. The summed E-state index contributed by atoms with van der Waals surface area (Å²) in [6.45, 7) is 8.83. The van der Waals surface area contributed by atoms with Crippen LogP contribution >= 0.6 is 0 Å². The van der Waals surface area contributed by atoms with Crippen LogP contribution in [0.4, 0.5) is 4.79 Å². The molecular weight excluding hydrogens is 244 g/mol. The lowest BCUT2D eigenvalue weighted by Crippen LogP contribution is -2.47. The van der Waals surface area contributed by atoms with E-state index < -0.39 is 17.7 Å². The van der Waals surface area contributed by atoms with E-state index in [0.717, 1.165) is 13.1 Å². The van der Waals surface area contributed by atoms with Gasteiger partial charge in [-0.3, -0.25) is 4.79 Å². The molecule has 3 atom stereocenters. The van der Waals surface area contributed by atoms with Crippen LogP contribution in [0.2, 0.25) is 0 Å². The van der Waals surface area contributed by atoms with E-state index in [1.807, 2.05) is 4.90 Å². The van der Waals surface area contributed by atoms with Crippen molar-refractivity contribution in [3.63, 3.8) is 0 Å². The first-order valence-corrected chi connectivity index (χ1v) is 7.04. The molecule has 0 aromatic carbocycles. The van der Waals surface area contributed by atoms with Gasteiger partial charge in [0.25, 0.3) is 0 Å². The average molecular weight is 268 g/mol. The number of nitrogens with zero attached hydrogens (tertiary/aromatic N) is 1. The lowest BCUT2D eigenvalue weighted by Gasteiger charge is -2.27. The quantitative estimate of drug-likeness (QED) is 0.830. The Hall–Kier alpha value is -1.26. The van der Waals surface area contributed by atoms with Gasteiger partial charge in [0.05, 0.1) is 0 Å². The summed E-state index contributed by atoms with van der Waals surface area (Å²) in [6.07, 6.45) is 1.94. The summed E-state index contributed by atoms with van der Waals surface area (Å²) < 4.78 is 5.15. The van der Waals surface area contributed by atoms with Crippen LogP contribution in [0.3, 0.4) is 0 Å². The first kappa shape index (κ1) is 14.2. The molecule has 0 spiro atoms.